The fourth-order valence-electron chi connectivity index (χ4n) is 2.92. The SMILES string of the molecule is [CH2]CNC(=O)[C@@]1(CCCCC(=O)O)SC[C@@H]2NC(=O)N[C@@H]21. The van der Waals surface area contributed by atoms with E-state index < -0.39 is 10.7 Å². The fourth-order valence-corrected chi connectivity index (χ4v) is 4.57. The summed E-state index contributed by atoms with van der Waals surface area (Å²) in [5.41, 5.74) is 0. The molecule has 117 valence electrons. The van der Waals surface area contributed by atoms with Gasteiger partial charge in [-0.3, -0.25) is 9.59 Å². The topological polar surface area (TPSA) is 108 Å². The van der Waals surface area contributed by atoms with Crippen molar-refractivity contribution in [2.75, 3.05) is 12.3 Å². The van der Waals surface area contributed by atoms with Crippen LogP contribution in [0.2, 0.25) is 0 Å². The minimum absolute atomic E-state index is 0.0578. The molecular formula is C13H20N3O4S. The van der Waals surface area contributed by atoms with E-state index in [1.54, 1.807) is 0 Å². The molecule has 2 fully saturated rings. The number of thioether (sulfide) groups is 1. The van der Waals surface area contributed by atoms with E-state index in [1.165, 1.54) is 11.8 Å². The summed E-state index contributed by atoms with van der Waals surface area (Å²) >= 11 is 1.53. The lowest BCUT2D eigenvalue weighted by atomic mass is 9.88. The second kappa shape index (κ2) is 6.55. The van der Waals surface area contributed by atoms with Crippen molar-refractivity contribution in [3.05, 3.63) is 6.92 Å². The number of aliphatic carboxylic acids is 1. The van der Waals surface area contributed by atoms with E-state index in [9.17, 15) is 14.4 Å². The summed E-state index contributed by atoms with van der Waals surface area (Å²) in [4.78, 5) is 34.5. The smallest absolute Gasteiger partial charge is 0.315 e. The number of urea groups is 1. The highest BCUT2D eigenvalue weighted by Gasteiger charge is 2.57. The van der Waals surface area contributed by atoms with Gasteiger partial charge in [0.2, 0.25) is 5.91 Å². The molecule has 2 rings (SSSR count). The molecule has 0 aromatic rings. The van der Waals surface area contributed by atoms with Crippen LogP contribution in [-0.4, -0.2) is 52.1 Å². The molecule has 0 aliphatic carbocycles. The zero-order valence-corrected chi connectivity index (χ0v) is 12.5. The Bertz CT molecular complexity index is 445. The Kier molecular flexibility index (Phi) is 4.97. The van der Waals surface area contributed by atoms with Crippen molar-refractivity contribution in [1.29, 1.82) is 0 Å². The van der Waals surface area contributed by atoms with Crippen molar-refractivity contribution in [3.63, 3.8) is 0 Å². The van der Waals surface area contributed by atoms with E-state index in [1.807, 2.05) is 0 Å². The number of hydrogen-bond acceptors (Lipinski definition) is 4. The zero-order valence-electron chi connectivity index (χ0n) is 11.7. The molecule has 0 aromatic carbocycles. The molecule has 2 saturated heterocycles. The summed E-state index contributed by atoms with van der Waals surface area (Å²) in [5, 5.41) is 17.1. The summed E-state index contributed by atoms with van der Waals surface area (Å²) in [6, 6.07) is -0.563. The summed E-state index contributed by atoms with van der Waals surface area (Å²) in [6.07, 6.45) is 1.79. The highest BCUT2D eigenvalue weighted by Crippen LogP contribution is 2.44. The largest absolute Gasteiger partial charge is 0.481 e. The van der Waals surface area contributed by atoms with Crippen molar-refractivity contribution in [3.8, 4) is 0 Å². The number of rotatable bonds is 7. The van der Waals surface area contributed by atoms with E-state index >= 15 is 0 Å². The number of carbonyl (C=O) groups excluding carboxylic acids is 2. The molecular weight excluding hydrogens is 294 g/mol. The van der Waals surface area contributed by atoms with Gasteiger partial charge in [-0.15, -0.1) is 11.8 Å². The van der Waals surface area contributed by atoms with E-state index in [0.29, 0.717) is 25.0 Å². The number of nitrogens with one attached hydrogen (secondary N) is 3. The van der Waals surface area contributed by atoms with Gasteiger partial charge in [0.15, 0.2) is 0 Å². The van der Waals surface area contributed by atoms with Crippen molar-refractivity contribution >= 4 is 29.7 Å². The third-order valence-corrected chi connectivity index (χ3v) is 5.57. The molecule has 0 spiro atoms. The third-order valence-electron chi connectivity index (χ3n) is 3.89. The molecule has 4 N–H and O–H groups in total. The first-order valence-electron chi connectivity index (χ1n) is 7.00. The number of carbonyl (C=O) groups is 3. The molecule has 0 saturated carbocycles. The number of carboxylic acids is 1. The summed E-state index contributed by atoms with van der Waals surface area (Å²) in [5.74, 6) is -0.291. The average molecular weight is 314 g/mol. The lowest BCUT2D eigenvalue weighted by molar-refractivity contribution is -0.137. The van der Waals surface area contributed by atoms with Crippen molar-refractivity contribution in [2.24, 2.45) is 0 Å². The van der Waals surface area contributed by atoms with Gasteiger partial charge in [-0.2, -0.15) is 0 Å². The Morgan fingerprint density at radius 2 is 2.19 bits per heavy atom. The van der Waals surface area contributed by atoms with Gasteiger partial charge in [-0.25, -0.2) is 4.79 Å². The Labute approximate surface area is 127 Å². The Balaban J connectivity index is 2.06. The first kappa shape index (κ1) is 15.9. The van der Waals surface area contributed by atoms with E-state index in [2.05, 4.69) is 22.9 Å². The number of amides is 3. The first-order valence-corrected chi connectivity index (χ1v) is 7.98. The minimum atomic E-state index is -0.834. The highest BCUT2D eigenvalue weighted by atomic mass is 32.2. The molecule has 0 bridgehead atoms. The Morgan fingerprint density at radius 1 is 1.43 bits per heavy atom. The highest BCUT2D eigenvalue weighted by molar-refractivity contribution is 8.01. The van der Waals surface area contributed by atoms with Crippen molar-refractivity contribution < 1.29 is 19.5 Å². The third kappa shape index (κ3) is 3.25. The van der Waals surface area contributed by atoms with E-state index in [0.717, 1.165) is 0 Å². The van der Waals surface area contributed by atoms with Crippen LogP contribution < -0.4 is 16.0 Å². The maximum atomic E-state index is 12.5. The van der Waals surface area contributed by atoms with Crippen LogP contribution in [0.5, 0.6) is 0 Å². The molecule has 7 nitrogen and oxygen atoms in total. The number of carboxylic acid groups (broad SMARTS) is 1. The summed E-state index contributed by atoms with van der Waals surface area (Å²) < 4.78 is -0.736. The molecule has 2 aliphatic rings. The van der Waals surface area contributed by atoms with Gasteiger partial charge in [0.05, 0.1) is 12.1 Å². The minimum Gasteiger partial charge on any atom is -0.481 e. The van der Waals surface area contributed by atoms with E-state index in [-0.39, 0.29) is 37.0 Å². The van der Waals surface area contributed by atoms with Crippen LogP contribution in [-0.2, 0) is 9.59 Å². The Hall–Kier alpha value is -1.44. The maximum absolute atomic E-state index is 12.5. The van der Waals surface area contributed by atoms with Crippen LogP contribution in [0, 0.1) is 6.92 Å². The van der Waals surface area contributed by atoms with Crippen molar-refractivity contribution in [1.82, 2.24) is 16.0 Å². The standard InChI is InChI=1S/C13H20N3O4S/c1-2-14-11(19)13(6-4-3-5-9(17)18)10-8(7-21-13)15-12(20)16-10/h8,10H,1-7H2,(H,14,19)(H,17,18)(H2,15,16,20)/t8-,10-,13-/m0/s1. The zero-order chi connectivity index (χ0) is 15.5. The van der Waals surface area contributed by atoms with Gasteiger partial charge in [0.25, 0.3) is 0 Å². The van der Waals surface area contributed by atoms with Gasteiger partial charge in [0.1, 0.15) is 4.75 Å². The summed E-state index contributed by atoms with van der Waals surface area (Å²) in [6.45, 7) is 3.91. The maximum Gasteiger partial charge on any atom is 0.315 e. The quantitative estimate of drug-likeness (QED) is 0.394. The molecule has 3 amide bonds. The van der Waals surface area contributed by atoms with Crippen LogP contribution in [0.15, 0.2) is 0 Å². The van der Waals surface area contributed by atoms with E-state index in [4.69, 9.17) is 5.11 Å². The first-order chi connectivity index (χ1) is 9.99. The normalized spacial score (nSPS) is 30.4. The summed E-state index contributed by atoms with van der Waals surface area (Å²) in [7, 11) is 0. The molecule has 0 unspecified atom stereocenters. The molecule has 2 aliphatic heterocycles. The molecule has 8 heteroatoms. The van der Waals surface area contributed by atoms with Gasteiger partial charge in [0, 0.05) is 18.7 Å². The van der Waals surface area contributed by atoms with Crippen LogP contribution >= 0.6 is 11.8 Å². The van der Waals surface area contributed by atoms with Crippen LogP contribution in [0.3, 0.4) is 0 Å². The fraction of sp³-hybridized carbons (Fsp3) is 0.692. The monoisotopic (exact) mass is 314 g/mol. The van der Waals surface area contributed by atoms with Crippen LogP contribution in [0.1, 0.15) is 25.7 Å². The van der Waals surface area contributed by atoms with Gasteiger partial charge in [-0.1, -0.05) is 6.42 Å². The second-order valence-electron chi connectivity index (χ2n) is 5.26. The lowest BCUT2D eigenvalue weighted by Crippen LogP contribution is -2.56. The second-order valence-corrected chi connectivity index (χ2v) is 6.61. The van der Waals surface area contributed by atoms with Crippen LogP contribution in [0.4, 0.5) is 4.79 Å². The number of fused-ring (bicyclic) bond motifs is 1. The molecule has 3 atom stereocenters. The van der Waals surface area contributed by atoms with Crippen LogP contribution in [0.25, 0.3) is 0 Å². The van der Waals surface area contributed by atoms with Crippen molar-refractivity contribution in [2.45, 2.75) is 42.5 Å². The molecule has 21 heavy (non-hydrogen) atoms. The number of unbranched alkanes of at least 4 members (excludes halogenated alkanes) is 1. The number of hydrogen-bond donors (Lipinski definition) is 4. The Morgan fingerprint density at radius 3 is 2.86 bits per heavy atom. The van der Waals surface area contributed by atoms with Gasteiger partial charge >= 0.3 is 12.0 Å². The lowest BCUT2D eigenvalue weighted by Gasteiger charge is -2.32. The molecule has 0 aromatic heterocycles. The molecule has 1 radical (unpaired) electrons. The predicted octanol–water partition coefficient (Wildman–Crippen LogP) is 0.117. The van der Waals surface area contributed by atoms with Gasteiger partial charge < -0.3 is 21.1 Å². The van der Waals surface area contributed by atoms with Gasteiger partial charge in [-0.05, 0) is 19.8 Å². The average Bonchev–Trinajstić information content (AvgIpc) is 2.93. The molecule has 2 heterocycles. The predicted molar refractivity (Wildman–Crippen MR) is 78.9 cm³/mol.